The molecule has 1 saturated heterocycles. The minimum Gasteiger partial charge on any atom is -0.388 e. The van der Waals surface area contributed by atoms with Crippen molar-refractivity contribution in [2.45, 2.75) is 42.9 Å². The molecule has 8 nitrogen and oxygen atoms in total. The topological polar surface area (TPSA) is 84.8 Å². The van der Waals surface area contributed by atoms with Gasteiger partial charge in [-0.15, -0.1) is 0 Å². The van der Waals surface area contributed by atoms with Gasteiger partial charge in [0, 0.05) is 42.3 Å². The summed E-state index contributed by atoms with van der Waals surface area (Å²) in [5.74, 6) is 0.801. The largest absolute Gasteiger partial charge is 0.388 e. The molecule has 3 aliphatic rings. The Labute approximate surface area is 248 Å². The SMILES string of the molecule is CN(C)C1CCN(c2ccc(Nc3ncc4c(n3)SCN(c3c(Cl)cccc3Cl)C4=O)cc2C(O)C2CC2)CC1. The molecule has 1 aliphatic carbocycles. The summed E-state index contributed by atoms with van der Waals surface area (Å²) < 4.78 is 0. The quantitative estimate of drug-likeness (QED) is 0.310. The number of aromatic nitrogens is 2. The van der Waals surface area contributed by atoms with Gasteiger partial charge < -0.3 is 20.2 Å². The predicted molar refractivity (Wildman–Crippen MR) is 162 cm³/mol. The Hall–Kier alpha value is -2.56. The van der Waals surface area contributed by atoms with Crippen molar-refractivity contribution in [1.82, 2.24) is 14.9 Å². The number of hydrogen-bond donors (Lipinski definition) is 2. The third-order valence-corrected chi connectivity index (χ3v) is 9.56. The van der Waals surface area contributed by atoms with Gasteiger partial charge >= 0.3 is 0 Å². The van der Waals surface area contributed by atoms with E-state index in [1.165, 1.54) is 11.8 Å². The molecule has 1 atom stereocenters. The Morgan fingerprint density at radius 3 is 2.50 bits per heavy atom. The predicted octanol–water partition coefficient (Wildman–Crippen LogP) is 6.21. The Morgan fingerprint density at radius 1 is 1.10 bits per heavy atom. The first-order valence-corrected chi connectivity index (χ1v) is 15.3. The maximum atomic E-state index is 13.3. The third kappa shape index (κ3) is 5.50. The molecule has 0 spiro atoms. The second-order valence-corrected chi connectivity index (χ2v) is 12.6. The van der Waals surface area contributed by atoms with E-state index in [-0.39, 0.29) is 5.91 Å². The summed E-state index contributed by atoms with van der Waals surface area (Å²) in [6.07, 6.45) is 5.35. The van der Waals surface area contributed by atoms with Crippen molar-refractivity contribution in [2.75, 3.05) is 48.2 Å². The molecule has 40 heavy (non-hydrogen) atoms. The molecule has 11 heteroatoms. The smallest absolute Gasteiger partial charge is 0.263 e. The average molecular weight is 600 g/mol. The second kappa shape index (κ2) is 11.4. The van der Waals surface area contributed by atoms with E-state index in [0.29, 0.717) is 50.1 Å². The van der Waals surface area contributed by atoms with Gasteiger partial charge in [-0.3, -0.25) is 9.69 Å². The summed E-state index contributed by atoms with van der Waals surface area (Å²) in [7, 11) is 4.29. The normalized spacial score (nSPS) is 18.7. The highest BCUT2D eigenvalue weighted by Gasteiger charge is 2.34. The van der Waals surface area contributed by atoms with Gasteiger partial charge in [0.15, 0.2) is 0 Å². The molecular formula is C29H32Cl2N6O2S. The van der Waals surface area contributed by atoms with Crippen LogP contribution in [-0.2, 0) is 0 Å². The molecule has 3 aromatic rings. The second-order valence-electron chi connectivity index (χ2n) is 10.9. The number of anilines is 4. The molecule has 210 valence electrons. The lowest BCUT2D eigenvalue weighted by molar-refractivity contribution is 0.0985. The number of aliphatic hydroxyl groups excluding tert-OH is 1. The van der Waals surface area contributed by atoms with Crippen LogP contribution in [-0.4, -0.2) is 65.0 Å². The number of carbonyl (C=O) groups excluding carboxylic acids is 1. The third-order valence-electron chi connectivity index (χ3n) is 7.97. The minimum atomic E-state index is -0.497. The van der Waals surface area contributed by atoms with Crippen LogP contribution in [0.4, 0.5) is 23.0 Å². The van der Waals surface area contributed by atoms with Crippen LogP contribution in [0.1, 0.15) is 47.7 Å². The monoisotopic (exact) mass is 598 g/mol. The van der Waals surface area contributed by atoms with Crippen LogP contribution in [0.25, 0.3) is 0 Å². The van der Waals surface area contributed by atoms with Gasteiger partial charge in [0.2, 0.25) is 5.95 Å². The van der Waals surface area contributed by atoms with Gasteiger partial charge in [0.1, 0.15) is 5.03 Å². The Kier molecular flexibility index (Phi) is 7.85. The van der Waals surface area contributed by atoms with Crippen LogP contribution < -0.4 is 15.1 Å². The van der Waals surface area contributed by atoms with Crippen molar-refractivity contribution in [1.29, 1.82) is 0 Å². The molecule has 1 unspecified atom stereocenters. The van der Waals surface area contributed by atoms with Crippen LogP contribution in [0.15, 0.2) is 47.6 Å². The Bertz CT molecular complexity index is 1410. The number of amides is 1. The highest BCUT2D eigenvalue weighted by Crippen LogP contribution is 2.45. The van der Waals surface area contributed by atoms with Crippen LogP contribution in [0, 0.1) is 5.92 Å². The first kappa shape index (κ1) is 27.6. The zero-order valence-electron chi connectivity index (χ0n) is 22.5. The zero-order valence-corrected chi connectivity index (χ0v) is 24.8. The number of halogens is 2. The molecule has 2 fully saturated rings. The number of piperidine rings is 1. The van der Waals surface area contributed by atoms with Crippen LogP contribution in [0.2, 0.25) is 10.0 Å². The number of benzene rings is 2. The highest BCUT2D eigenvalue weighted by atomic mass is 35.5. The molecule has 1 aromatic heterocycles. The molecular weight excluding hydrogens is 567 g/mol. The molecule has 1 saturated carbocycles. The lowest BCUT2D eigenvalue weighted by Crippen LogP contribution is -2.42. The van der Waals surface area contributed by atoms with Crippen molar-refractivity contribution in [3.05, 3.63) is 63.8 Å². The van der Waals surface area contributed by atoms with Gasteiger partial charge in [0.05, 0.1) is 33.3 Å². The van der Waals surface area contributed by atoms with Crippen LogP contribution in [0.5, 0.6) is 0 Å². The molecule has 6 rings (SSSR count). The van der Waals surface area contributed by atoms with Gasteiger partial charge in [-0.2, -0.15) is 0 Å². The fourth-order valence-electron chi connectivity index (χ4n) is 5.50. The van der Waals surface area contributed by atoms with E-state index in [0.717, 1.165) is 55.7 Å². The number of nitrogens with one attached hydrogen (secondary N) is 1. The number of carbonyl (C=O) groups is 1. The standard InChI is InChI=1S/C29H32Cl2N6O2S/c1-35(2)19-10-12-36(13-11-19)24-9-8-18(14-20(24)26(38)17-6-7-17)33-29-32-15-21-27(34-29)40-16-37(28(21)39)25-22(30)4-3-5-23(25)31/h3-5,8-9,14-15,17,19,26,38H,6-7,10-13,16H2,1-2H3,(H,32,33,34). The lowest BCUT2D eigenvalue weighted by atomic mass is 9.98. The molecule has 2 aromatic carbocycles. The Morgan fingerprint density at radius 2 is 1.82 bits per heavy atom. The van der Waals surface area contributed by atoms with E-state index in [1.807, 2.05) is 12.1 Å². The van der Waals surface area contributed by atoms with Gasteiger partial charge in [-0.05, 0) is 76.0 Å². The van der Waals surface area contributed by atoms with Crippen molar-refractivity contribution in [2.24, 2.45) is 5.92 Å². The van der Waals surface area contributed by atoms with E-state index in [1.54, 1.807) is 29.3 Å². The van der Waals surface area contributed by atoms with Crippen LogP contribution >= 0.6 is 35.0 Å². The van der Waals surface area contributed by atoms with E-state index >= 15 is 0 Å². The summed E-state index contributed by atoms with van der Waals surface area (Å²) in [4.78, 5) is 28.6. The molecule has 2 N–H and O–H groups in total. The van der Waals surface area contributed by atoms with E-state index < -0.39 is 6.10 Å². The van der Waals surface area contributed by atoms with Gasteiger partial charge in [0.25, 0.3) is 5.91 Å². The van der Waals surface area contributed by atoms with Crippen molar-refractivity contribution >= 4 is 63.9 Å². The lowest BCUT2D eigenvalue weighted by Gasteiger charge is -2.38. The highest BCUT2D eigenvalue weighted by molar-refractivity contribution is 7.99. The van der Waals surface area contributed by atoms with Crippen molar-refractivity contribution in [3.8, 4) is 0 Å². The first-order valence-electron chi connectivity index (χ1n) is 13.6. The summed E-state index contributed by atoms with van der Waals surface area (Å²) >= 11 is 14.1. The molecule has 0 bridgehead atoms. The van der Waals surface area contributed by atoms with Crippen molar-refractivity contribution < 1.29 is 9.90 Å². The van der Waals surface area contributed by atoms with Gasteiger partial charge in [-0.25, -0.2) is 9.97 Å². The molecule has 0 radical (unpaired) electrons. The van der Waals surface area contributed by atoms with Crippen molar-refractivity contribution in [3.63, 3.8) is 0 Å². The number of aliphatic hydroxyl groups is 1. The van der Waals surface area contributed by atoms with Gasteiger partial charge in [-0.1, -0.05) is 41.0 Å². The maximum absolute atomic E-state index is 13.3. The fraction of sp³-hybridized carbons (Fsp3) is 0.414. The fourth-order valence-corrected chi connectivity index (χ4v) is 7.05. The number of thioether (sulfide) groups is 1. The van der Waals surface area contributed by atoms with Crippen LogP contribution in [0.3, 0.4) is 0 Å². The zero-order chi connectivity index (χ0) is 28.0. The molecule has 2 aliphatic heterocycles. The number of hydrogen-bond acceptors (Lipinski definition) is 8. The maximum Gasteiger partial charge on any atom is 0.263 e. The number of fused-ring (bicyclic) bond motifs is 1. The summed E-state index contributed by atoms with van der Waals surface area (Å²) in [6.45, 7) is 1.94. The minimum absolute atomic E-state index is 0.243. The number of nitrogens with zero attached hydrogens (tertiary/aromatic N) is 5. The van der Waals surface area contributed by atoms with E-state index in [2.05, 4.69) is 45.2 Å². The van der Waals surface area contributed by atoms with E-state index in [9.17, 15) is 9.90 Å². The first-order chi connectivity index (χ1) is 19.3. The van der Waals surface area contributed by atoms with E-state index in [4.69, 9.17) is 23.2 Å². The molecule has 3 heterocycles. The summed E-state index contributed by atoms with van der Waals surface area (Å²) in [5.41, 5.74) is 3.75. The summed E-state index contributed by atoms with van der Waals surface area (Å²) in [6, 6.07) is 11.9. The number of rotatable bonds is 7. The summed E-state index contributed by atoms with van der Waals surface area (Å²) in [5, 5.41) is 15.9. The average Bonchev–Trinajstić information content (AvgIpc) is 3.80. The number of para-hydroxylation sites is 1. The Balaban J connectivity index is 1.22. The molecule has 1 amide bonds.